The van der Waals surface area contributed by atoms with Crippen molar-refractivity contribution in [2.45, 2.75) is 25.4 Å². The summed E-state index contributed by atoms with van der Waals surface area (Å²) in [7, 11) is 0. The van der Waals surface area contributed by atoms with E-state index < -0.39 is 6.04 Å². The summed E-state index contributed by atoms with van der Waals surface area (Å²) in [6.07, 6.45) is 2.18. The molecule has 0 bridgehead atoms. The summed E-state index contributed by atoms with van der Waals surface area (Å²) in [5.74, 6) is 0.0948. The van der Waals surface area contributed by atoms with Gasteiger partial charge in [-0.2, -0.15) is 5.10 Å². The van der Waals surface area contributed by atoms with Gasteiger partial charge in [-0.15, -0.1) is 0 Å². The highest BCUT2D eigenvalue weighted by Crippen LogP contribution is 2.12. The fraction of sp³-hybridized carbons (Fsp3) is 0.438. The second-order valence-corrected chi connectivity index (χ2v) is 6.03. The van der Waals surface area contributed by atoms with E-state index in [1.54, 1.807) is 6.20 Å². The van der Waals surface area contributed by atoms with Crippen molar-refractivity contribution in [3.8, 4) is 0 Å². The summed E-state index contributed by atoms with van der Waals surface area (Å²) in [6.45, 7) is 2.06. The van der Waals surface area contributed by atoms with E-state index in [9.17, 15) is 14.4 Å². The molecular weight excluding hydrogens is 338 g/mol. The zero-order valence-electron chi connectivity index (χ0n) is 14.2. The molecule has 1 aliphatic rings. The first kappa shape index (κ1) is 17.8. The van der Waals surface area contributed by atoms with Gasteiger partial charge in [-0.25, -0.2) is 9.89 Å². The van der Waals surface area contributed by atoms with Gasteiger partial charge in [0.2, 0.25) is 11.8 Å². The molecule has 138 valence electrons. The Bertz CT molecular complexity index is 801. The normalized spacial score (nSPS) is 17.7. The van der Waals surface area contributed by atoms with Crippen molar-refractivity contribution >= 4 is 11.8 Å². The lowest BCUT2D eigenvalue weighted by Gasteiger charge is -2.34. The molecule has 26 heavy (non-hydrogen) atoms. The maximum Gasteiger partial charge on any atom is 0.340 e. The Balaban J connectivity index is 1.53. The zero-order chi connectivity index (χ0) is 18.4. The Morgan fingerprint density at radius 3 is 2.96 bits per heavy atom. The van der Waals surface area contributed by atoms with Crippen LogP contribution in [-0.2, 0) is 22.6 Å². The molecule has 1 unspecified atom stereocenters. The maximum atomic E-state index is 12.2. The maximum absolute atomic E-state index is 12.2. The van der Waals surface area contributed by atoms with Crippen LogP contribution < -0.4 is 16.3 Å². The van der Waals surface area contributed by atoms with E-state index in [0.29, 0.717) is 38.4 Å². The number of nitrogens with zero attached hydrogens (tertiary/aromatic N) is 3. The molecule has 10 nitrogen and oxygen atoms in total. The third kappa shape index (κ3) is 4.76. The predicted molar refractivity (Wildman–Crippen MR) is 92.0 cm³/mol. The number of aromatic amines is 2. The Labute approximate surface area is 149 Å². The van der Waals surface area contributed by atoms with Gasteiger partial charge < -0.3 is 10.6 Å². The third-order valence-electron chi connectivity index (χ3n) is 4.15. The number of aromatic nitrogens is 4. The van der Waals surface area contributed by atoms with Crippen LogP contribution in [0.1, 0.15) is 17.9 Å². The molecule has 3 rings (SSSR count). The van der Waals surface area contributed by atoms with E-state index in [4.69, 9.17) is 0 Å². The number of piperazine rings is 1. The minimum Gasteiger partial charge on any atom is -0.356 e. The van der Waals surface area contributed by atoms with Crippen LogP contribution in [0.25, 0.3) is 0 Å². The zero-order valence-corrected chi connectivity index (χ0v) is 14.2. The summed E-state index contributed by atoms with van der Waals surface area (Å²) in [4.78, 5) is 44.2. The van der Waals surface area contributed by atoms with Gasteiger partial charge in [-0.05, 0) is 12.1 Å². The lowest BCUT2D eigenvalue weighted by Crippen LogP contribution is -2.56. The standard InChI is InChI=1S/C16H21N7O3/c24-14(18-6-4-13-20-16(26)22-21-13)9-12-15(25)19-7-8-23(12)10-11-3-1-2-5-17-11/h1-3,5,12H,4,6-10H2,(H,18,24)(H,19,25)(H2,20,21,22,26). The number of nitrogens with one attached hydrogen (secondary N) is 4. The summed E-state index contributed by atoms with van der Waals surface area (Å²) >= 11 is 0. The van der Waals surface area contributed by atoms with Crippen LogP contribution in [-0.4, -0.2) is 62.6 Å². The van der Waals surface area contributed by atoms with E-state index in [-0.39, 0.29) is 23.9 Å². The SMILES string of the molecule is O=C(CC1C(=O)NCCN1Cc1ccccn1)NCCc1n[nH]c(=O)[nH]1. The number of H-pyrrole nitrogens is 2. The molecular formula is C16H21N7O3. The number of hydrogen-bond acceptors (Lipinski definition) is 6. The molecule has 2 amide bonds. The van der Waals surface area contributed by atoms with E-state index in [2.05, 4.69) is 30.8 Å². The Hall–Kier alpha value is -3.01. The molecule has 4 N–H and O–H groups in total. The molecule has 1 atom stereocenters. The third-order valence-corrected chi connectivity index (χ3v) is 4.15. The van der Waals surface area contributed by atoms with Gasteiger partial charge >= 0.3 is 5.69 Å². The topological polar surface area (TPSA) is 136 Å². The Morgan fingerprint density at radius 2 is 2.23 bits per heavy atom. The summed E-state index contributed by atoms with van der Waals surface area (Å²) < 4.78 is 0. The van der Waals surface area contributed by atoms with Gasteiger partial charge in [0, 0.05) is 38.8 Å². The largest absolute Gasteiger partial charge is 0.356 e. The lowest BCUT2D eigenvalue weighted by molar-refractivity contribution is -0.134. The molecule has 1 saturated heterocycles. The molecule has 2 aromatic rings. The van der Waals surface area contributed by atoms with Gasteiger partial charge in [0.1, 0.15) is 5.82 Å². The van der Waals surface area contributed by atoms with E-state index in [1.165, 1.54) is 0 Å². The first-order chi connectivity index (χ1) is 12.6. The first-order valence-corrected chi connectivity index (χ1v) is 8.44. The number of rotatable bonds is 7. The lowest BCUT2D eigenvalue weighted by atomic mass is 10.1. The second-order valence-electron chi connectivity index (χ2n) is 6.03. The molecule has 0 aromatic carbocycles. The van der Waals surface area contributed by atoms with Crippen molar-refractivity contribution in [1.82, 2.24) is 35.7 Å². The predicted octanol–water partition coefficient (Wildman–Crippen LogP) is -1.46. The van der Waals surface area contributed by atoms with Gasteiger partial charge in [-0.3, -0.25) is 24.5 Å². The van der Waals surface area contributed by atoms with Crippen LogP contribution in [0.4, 0.5) is 0 Å². The average molecular weight is 359 g/mol. The van der Waals surface area contributed by atoms with Crippen LogP contribution in [0.15, 0.2) is 29.2 Å². The monoisotopic (exact) mass is 359 g/mol. The molecule has 2 aromatic heterocycles. The summed E-state index contributed by atoms with van der Waals surface area (Å²) in [5.41, 5.74) is 0.477. The highest BCUT2D eigenvalue weighted by atomic mass is 16.2. The van der Waals surface area contributed by atoms with Crippen molar-refractivity contribution < 1.29 is 9.59 Å². The van der Waals surface area contributed by atoms with E-state index in [0.717, 1.165) is 5.69 Å². The number of amides is 2. The van der Waals surface area contributed by atoms with Gasteiger partial charge in [-0.1, -0.05) is 6.07 Å². The summed E-state index contributed by atoms with van der Waals surface area (Å²) in [5, 5.41) is 11.6. The van der Waals surface area contributed by atoms with Gasteiger partial charge in [0.15, 0.2) is 0 Å². The highest BCUT2D eigenvalue weighted by molar-refractivity contribution is 5.88. The van der Waals surface area contributed by atoms with Crippen LogP contribution >= 0.6 is 0 Å². The van der Waals surface area contributed by atoms with Gasteiger partial charge in [0.25, 0.3) is 0 Å². The van der Waals surface area contributed by atoms with Crippen molar-refractivity contribution in [3.63, 3.8) is 0 Å². The van der Waals surface area contributed by atoms with Crippen LogP contribution in [0.5, 0.6) is 0 Å². The molecule has 0 spiro atoms. The molecule has 0 aliphatic carbocycles. The van der Waals surface area contributed by atoms with Crippen molar-refractivity contribution in [3.05, 3.63) is 46.4 Å². The highest BCUT2D eigenvalue weighted by Gasteiger charge is 2.31. The van der Waals surface area contributed by atoms with E-state index in [1.807, 2.05) is 23.1 Å². The Morgan fingerprint density at radius 1 is 1.35 bits per heavy atom. The fourth-order valence-electron chi connectivity index (χ4n) is 2.86. The second kappa shape index (κ2) is 8.39. The number of pyridine rings is 1. The number of carbonyl (C=O) groups excluding carboxylic acids is 2. The quantitative estimate of drug-likeness (QED) is 0.477. The molecule has 0 saturated carbocycles. The molecule has 0 radical (unpaired) electrons. The van der Waals surface area contributed by atoms with Crippen molar-refractivity contribution in [1.29, 1.82) is 0 Å². The Kier molecular flexibility index (Phi) is 5.74. The smallest absolute Gasteiger partial charge is 0.340 e. The van der Waals surface area contributed by atoms with Crippen LogP contribution in [0, 0.1) is 0 Å². The van der Waals surface area contributed by atoms with Crippen molar-refractivity contribution in [2.75, 3.05) is 19.6 Å². The number of hydrogen-bond donors (Lipinski definition) is 4. The molecule has 1 fully saturated rings. The average Bonchev–Trinajstić information content (AvgIpc) is 3.04. The molecule has 3 heterocycles. The minimum atomic E-state index is -0.532. The van der Waals surface area contributed by atoms with Crippen LogP contribution in [0.2, 0.25) is 0 Å². The van der Waals surface area contributed by atoms with Gasteiger partial charge in [0.05, 0.1) is 18.2 Å². The molecule has 1 aliphatic heterocycles. The number of carbonyl (C=O) groups is 2. The fourth-order valence-corrected chi connectivity index (χ4v) is 2.86. The first-order valence-electron chi connectivity index (χ1n) is 8.44. The summed E-state index contributed by atoms with van der Waals surface area (Å²) in [6, 6.07) is 5.10. The van der Waals surface area contributed by atoms with Crippen molar-refractivity contribution in [2.24, 2.45) is 0 Å². The minimum absolute atomic E-state index is 0.0652. The molecule has 10 heteroatoms. The van der Waals surface area contributed by atoms with E-state index >= 15 is 0 Å². The van der Waals surface area contributed by atoms with Crippen LogP contribution in [0.3, 0.4) is 0 Å².